The van der Waals surface area contributed by atoms with Crippen molar-refractivity contribution in [1.82, 2.24) is 0 Å². The third-order valence-corrected chi connectivity index (χ3v) is 4.46. The average molecular weight is 324 g/mol. The van der Waals surface area contributed by atoms with E-state index in [4.69, 9.17) is 10.5 Å². The van der Waals surface area contributed by atoms with Crippen molar-refractivity contribution in [3.05, 3.63) is 28.7 Å². The third kappa shape index (κ3) is 2.62. The lowest BCUT2D eigenvalue weighted by Crippen LogP contribution is -2.46. The quantitative estimate of drug-likeness (QED) is 0.909. The first-order chi connectivity index (χ1) is 9.25. The van der Waals surface area contributed by atoms with E-state index in [2.05, 4.69) is 38.0 Å². The smallest absolute Gasteiger partial charge is 0.196 e. The zero-order valence-electron chi connectivity index (χ0n) is 10.8. The lowest BCUT2D eigenvalue weighted by atomic mass is 9.91. The molecular formula is C14H18BrN3O. The molecule has 0 saturated carbocycles. The Kier molecular flexibility index (Phi) is 3.75. The number of nitrogens with two attached hydrogens (primary N) is 1. The highest BCUT2D eigenvalue weighted by atomic mass is 79.9. The Morgan fingerprint density at radius 2 is 1.89 bits per heavy atom. The Labute approximate surface area is 121 Å². The SMILES string of the molecule is NC1=NCC(C2CCOCC2)N1c1ccc(Br)cc1. The molecule has 2 N–H and O–H groups in total. The van der Waals surface area contributed by atoms with E-state index < -0.39 is 0 Å². The van der Waals surface area contributed by atoms with Crippen molar-refractivity contribution >= 4 is 27.6 Å². The van der Waals surface area contributed by atoms with Crippen LogP contribution in [0.4, 0.5) is 5.69 Å². The van der Waals surface area contributed by atoms with Crippen LogP contribution < -0.4 is 10.6 Å². The first-order valence-corrected chi connectivity index (χ1v) is 7.47. The van der Waals surface area contributed by atoms with Gasteiger partial charge in [0.1, 0.15) is 0 Å². The molecule has 19 heavy (non-hydrogen) atoms. The number of rotatable bonds is 2. The van der Waals surface area contributed by atoms with Gasteiger partial charge in [-0.25, -0.2) is 0 Å². The highest BCUT2D eigenvalue weighted by Crippen LogP contribution is 2.30. The van der Waals surface area contributed by atoms with E-state index >= 15 is 0 Å². The van der Waals surface area contributed by atoms with Crippen molar-refractivity contribution in [3.63, 3.8) is 0 Å². The second kappa shape index (κ2) is 5.51. The molecule has 3 rings (SSSR count). The van der Waals surface area contributed by atoms with E-state index in [1.54, 1.807) is 0 Å². The fraction of sp³-hybridized carbons (Fsp3) is 0.500. The van der Waals surface area contributed by atoms with E-state index in [-0.39, 0.29) is 0 Å². The number of guanidine groups is 1. The molecule has 0 bridgehead atoms. The van der Waals surface area contributed by atoms with Crippen molar-refractivity contribution in [1.29, 1.82) is 0 Å². The number of halogens is 1. The second-order valence-electron chi connectivity index (χ2n) is 5.06. The van der Waals surface area contributed by atoms with E-state index in [1.807, 2.05) is 12.1 Å². The summed E-state index contributed by atoms with van der Waals surface area (Å²) in [5.74, 6) is 1.25. The zero-order valence-corrected chi connectivity index (χ0v) is 12.3. The van der Waals surface area contributed by atoms with Crippen LogP contribution in [-0.4, -0.2) is 31.8 Å². The number of hydrogen-bond acceptors (Lipinski definition) is 4. The number of anilines is 1. The highest BCUT2D eigenvalue weighted by Gasteiger charge is 2.34. The Bertz CT molecular complexity index is 468. The van der Waals surface area contributed by atoms with Gasteiger partial charge in [-0.1, -0.05) is 15.9 Å². The van der Waals surface area contributed by atoms with Crippen molar-refractivity contribution in [2.75, 3.05) is 24.7 Å². The molecule has 1 aromatic rings. The van der Waals surface area contributed by atoms with Crippen molar-refractivity contribution in [2.24, 2.45) is 16.6 Å². The van der Waals surface area contributed by atoms with Gasteiger partial charge in [0.05, 0.1) is 12.6 Å². The van der Waals surface area contributed by atoms with Crippen LogP contribution in [0.15, 0.2) is 33.7 Å². The van der Waals surface area contributed by atoms with E-state index in [9.17, 15) is 0 Å². The molecule has 2 aliphatic rings. The first-order valence-electron chi connectivity index (χ1n) is 6.68. The number of nitrogens with zero attached hydrogens (tertiary/aromatic N) is 2. The van der Waals surface area contributed by atoms with E-state index in [0.717, 1.165) is 42.8 Å². The molecule has 1 unspecified atom stereocenters. The number of hydrogen-bond donors (Lipinski definition) is 1. The molecule has 2 heterocycles. The van der Waals surface area contributed by atoms with Crippen molar-refractivity contribution < 1.29 is 4.74 Å². The highest BCUT2D eigenvalue weighted by molar-refractivity contribution is 9.10. The fourth-order valence-electron chi connectivity index (χ4n) is 2.90. The van der Waals surface area contributed by atoms with Crippen LogP contribution >= 0.6 is 15.9 Å². The maximum atomic E-state index is 6.08. The normalized spacial score (nSPS) is 24.6. The molecule has 4 nitrogen and oxygen atoms in total. The predicted octanol–water partition coefficient (Wildman–Crippen LogP) is 2.38. The number of aliphatic imine (C=N–C) groups is 1. The minimum absolute atomic E-state index is 0.380. The van der Waals surface area contributed by atoms with Gasteiger partial charge < -0.3 is 15.4 Å². The van der Waals surface area contributed by atoms with Crippen molar-refractivity contribution in [2.45, 2.75) is 18.9 Å². The monoisotopic (exact) mass is 323 g/mol. The lowest BCUT2D eigenvalue weighted by Gasteiger charge is -2.34. The molecule has 0 aromatic heterocycles. The topological polar surface area (TPSA) is 50.9 Å². The van der Waals surface area contributed by atoms with Crippen LogP contribution in [0.3, 0.4) is 0 Å². The van der Waals surface area contributed by atoms with Crippen LogP contribution in [0.5, 0.6) is 0 Å². The molecule has 0 radical (unpaired) electrons. The molecule has 0 amide bonds. The lowest BCUT2D eigenvalue weighted by molar-refractivity contribution is 0.0603. The Morgan fingerprint density at radius 1 is 1.21 bits per heavy atom. The van der Waals surface area contributed by atoms with Gasteiger partial charge >= 0.3 is 0 Å². The molecule has 1 saturated heterocycles. The maximum absolute atomic E-state index is 6.08. The van der Waals surface area contributed by atoms with Crippen LogP contribution in [0.1, 0.15) is 12.8 Å². The predicted molar refractivity (Wildman–Crippen MR) is 80.4 cm³/mol. The van der Waals surface area contributed by atoms with Gasteiger partial charge in [0.2, 0.25) is 0 Å². The summed E-state index contributed by atoms with van der Waals surface area (Å²) >= 11 is 3.46. The summed E-state index contributed by atoms with van der Waals surface area (Å²) in [4.78, 5) is 6.62. The second-order valence-corrected chi connectivity index (χ2v) is 5.98. The largest absolute Gasteiger partial charge is 0.381 e. The Morgan fingerprint density at radius 3 is 2.58 bits per heavy atom. The number of benzene rings is 1. The molecule has 1 fully saturated rings. The molecule has 5 heteroatoms. The number of ether oxygens (including phenoxy) is 1. The summed E-state index contributed by atoms with van der Waals surface area (Å²) in [6.45, 7) is 2.51. The fourth-order valence-corrected chi connectivity index (χ4v) is 3.17. The molecule has 2 aliphatic heterocycles. The molecule has 1 atom stereocenters. The van der Waals surface area contributed by atoms with Crippen LogP contribution in [0.25, 0.3) is 0 Å². The van der Waals surface area contributed by atoms with Gasteiger partial charge in [-0.3, -0.25) is 4.99 Å². The van der Waals surface area contributed by atoms with E-state index in [0.29, 0.717) is 17.9 Å². The zero-order chi connectivity index (χ0) is 13.2. The summed E-state index contributed by atoms with van der Waals surface area (Å²) in [5.41, 5.74) is 7.20. The average Bonchev–Trinajstić information content (AvgIpc) is 2.83. The summed E-state index contributed by atoms with van der Waals surface area (Å²) in [6, 6.07) is 8.64. The Hall–Kier alpha value is -1.07. The van der Waals surface area contributed by atoms with E-state index in [1.165, 1.54) is 0 Å². The van der Waals surface area contributed by atoms with Crippen molar-refractivity contribution in [3.8, 4) is 0 Å². The van der Waals surface area contributed by atoms with Gasteiger partial charge in [-0.05, 0) is 43.0 Å². The summed E-state index contributed by atoms with van der Waals surface area (Å²) < 4.78 is 6.53. The molecule has 0 spiro atoms. The summed E-state index contributed by atoms with van der Waals surface area (Å²) in [6.07, 6.45) is 2.20. The molecule has 0 aliphatic carbocycles. The minimum atomic E-state index is 0.380. The first kappa shape index (κ1) is 12.9. The van der Waals surface area contributed by atoms with Gasteiger partial charge in [-0.15, -0.1) is 0 Å². The molecular weight excluding hydrogens is 306 g/mol. The summed E-state index contributed by atoms with van der Waals surface area (Å²) in [7, 11) is 0. The minimum Gasteiger partial charge on any atom is -0.381 e. The standard InChI is InChI=1S/C14H18BrN3O/c15-11-1-3-12(4-2-11)18-13(9-17-14(18)16)10-5-7-19-8-6-10/h1-4,10,13H,5-9H2,(H2,16,17). The van der Waals surface area contributed by atoms with Gasteiger partial charge in [0.25, 0.3) is 0 Å². The van der Waals surface area contributed by atoms with Gasteiger partial charge in [0.15, 0.2) is 5.96 Å². The molecule has 1 aromatic carbocycles. The Balaban J connectivity index is 1.83. The molecule has 102 valence electrons. The third-order valence-electron chi connectivity index (χ3n) is 3.93. The van der Waals surface area contributed by atoms with Crippen LogP contribution in [0, 0.1) is 5.92 Å². The van der Waals surface area contributed by atoms with Gasteiger partial charge in [-0.2, -0.15) is 0 Å². The summed E-state index contributed by atoms with van der Waals surface area (Å²) in [5, 5.41) is 0. The maximum Gasteiger partial charge on any atom is 0.196 e. The van der Waals surface area contributed by atoms with Crippen LogP contribution in [0.2, 0.25) is 0 Å². The van der Waals surface area contributed by atoms with Gasteiger partial charge in [0, 0.05) is 23.4 Å². The van der Waals surface area contributed by atoms with Crippen LogP contribution in [-0.2, 0) is 4.74 Å².